The van der Waals surface area contributed by atoms with Gasteiger partial charge in [-0.05, 0) is 0 Å². The van der Waals surface area contributed by atoms with Crippen LogP contribution in [0, 0.1) is 13.8 Å². The minimum absolute atomic E-state index is 0.766. The van der Waals surface area contributed by atoms with E-state index in [2.05, 4.69) is 109 Å². The van der Waals surface area contributed by atoms with E-state index in [9.17, 15) is 0 Å². The van der Waals surface area contributed by atoms with Crippen molar-refractivity contribution < 1.29 is 31.0 Å². The molecule has 134 valence electrons. The van der Waals surface area contributed by atoms with Gasteiger partial charge in [-0.3, -0.25) is 0 Å². The van der Waals surface area contributed by atoms with Crippen molar-refractivity contribution in [2.24, 2.45) is 0 Å². The molecule has 2 aromatic carbocycles. The Morgan fingerprint density at radius 2 is 0.909 bits per heavy atom. The fourth-order valence-corrected chi connectivity index (χ4v) is 1.29. The molecule has 0 bridgehead atoms. The molecule has 0 radical (unpaired) electrons. The number of hydrogen-bond acceptors (Lipinski definition) is 0. The maximum atomic E-state index is 3.76. The van der Waals surface area contributed by atoms with Crippen molar-refractivity contribution in [1.29, 1.82) is 0 Å². The first-order valence-electron chi connectivity index (χ1n) is 5.98. The summed E-state index contributed by atoms with van der Waals surface area (Å²) in [5.41, 5.74) is 2.60. The predicted molar refractivity (Wildman–Crippen MR) is 107 cm³/mol. The SMILES string of the molecule is [Br][Au].[Br][Au]([Br])[Br].[CH2-]Cc1ccccc1.[CH2-]Cc1ccccc1. The topological polar surface area (TPSA) is 0 Å². The van der Waals surface area contributed by atoms with E-state index in [0.717, 1.165) is 12.8 Å². The molecule has 0 spiro atoms. The van der Waals surface area contributed by atoms with Crippen LogP contribution in [0.15, 0.2) is 60.7 Å². The summed E-state index contributed by atoms with van der Waals surface area (Å²) in [5, 5.41) is 0. The van der Waals surface area contributed by atoms with Crippen LogP contribution in [0.25, 0.3) is 0 Å². The second-order valence-corrected chi connectivity index (χ2v) is 32.0. The Morgan fingerprint density at radius 3 is 1.05 bits per heavy atom. The van der Waals surface area contributed by atoms with Gasteiger partial charge in [0, 0.05) is 0 Å². The van der Waals surface area contributed by atoms with Crippen LogP contribution in [0.3, 0.4) is 0 Å². The zero-order valence-corrected chi connectivity index (χ0v) is 22.4. The molecule has 0 aromatic heterocycles. The quantitative estimate of drug-likeness (QED) is 0.217. The molecule has 0 unspecified atom stereocenters. The maximum absolute atomic E-state index is 3.76. The van der Waals surface area contributed by atoms with E-state index < -0.39 is 12.0 Å². The van der Waals surface area contributed by atoms with E-state index in [1.165, 1.54) is 11.1 Å². The van der Waals surface area contributed by atoms with Crippen LogP contribution < -0.4 is 0 Å². The van der Waals surface area contributed by atoms with Crippen molar-refractivity contribution in [3.63, 3.8) is 0 Å². The fourth-order valence-electron chi connectivity index (χ4n) is 1.29. The van der Waals surface area contributed by atoms with Crippen LogP contribution in [0.4, 0.5) is 0 Å². The number of benzene rings is 2. The van der Waals surface area contributed by atoms with Crippen LogP contribution >= 0.6 is 52.1 Å². The van der Waals surface area contributed by atoms with Crippen LogP contribution in [0.2, 0.25) is 0 Å². The first-order chi connectivity index (χ1) is 10.6. The Kier molecular flexibility index (Phi) is 24.8. The summed E-state index contributed by atoms with van der Waals surface area (Å²) >= 11 is 14.0. The Bertz CT molecular complexity index is 382. The van der Waals surface area contributed by atoms with Gasteiger partial charge in [-0.25, -0.2) is 0 Å². The first-order valence-corrected chi connectivity index (χ1v) is 24.9. The van der Waals surface area contributed by atoms with Gasteiger partial charge in [0.1, 0.15) is 0 Å². The largest absolute Gasteiger partial charge is 0.339 e. The van der Waals surface area contributed by atoms with E-state index in [4.69, 9.17) is 0 Å². The summed E-state index contributed by atoms with van der Waals surface area (Å²) in [6, 6.07) is 20.4. The first kappa shape index (κ1) is 26.1. The van der Waals surface area contributed by atoms with Gasteiger partial charge < -0.3 is 13.8 Å². The van der Waals surface area contributed by atoms with Gasteiger partial charge in [0.05, 0.1) is 0 Å². The smallest absolute Gasteiger partial charge is 0.0617 e. The molecule has 0 heterocycles. The van der Waals surface area contributed by atoms with Crippen molar-refractivity contribution in [2.45, 2.75) is 12.8 Å². The Labute approximate surface area is 179 Å². The summed E-state index contributed by atoms with van der Waals surface area (Å²) in [7, 11) is 0. The molecule has 6 heteroatoms. The van der Waals surface area contributed by atoms with Gasteiger partial charge in [-0.2, -0.15) is 12.8 Å². The Morgan fingerprint density at radius 1 is 0.682 bits per heavy atom. The molecule has 0 atom stereocenters. The summed E-state index contributed by atoms with van der Waals surface area (Å²) in [5.74, 6) is 0. The molecule has 0 fully saturated rings. The summed E-state index contributed by atoms with van der Waals surface area (Å²) in [4.78, 5) is 0. The molecule has 0 aliphatic carbocycles. The van der Waals surface area contributed by atoms with E-state index >= 15 is 0 Å². The van der Waals surface area contributed by atoms with Crippen LogP contribution in [-0.2, 0) is 43.8 Å². The van der Waals surface area contributed by atoms with Crippen LogP contribution in [0.1, 0.15) is 11.1 Å². The van der Waals surface area contributed by atoms with Crippen molar-refractivity contribution in [3.05, 3.63) is 85.6 Å². The molecule has 0 nitrogen and oxygen atoms in total. The number of halogens is 4. The van der Waals surface area contributed by atoms with Gasteiger partial charge in [0.25, 0.3) is 0 Å². The predicted octanol–water partition coefficient (Wildman–Crippen LogP) is 7.50. The molecule has 2 rings (SSSR count). The standard InChI is InChI=1S/2C8H9.2Au.4BrH/c2*1-2-8-6-4-3-5-7-8;;;;;;/h2*3-7H,1-2H2;;;4*1H/q2*-1;+1;+3;;;;/p-4. The van der Waals surface area contributed by atoms with Gasteiger partial charge in [0.15, 0.2) is 0 Å². The van der Waals surface area contributed by atoms with Gasteiger partial charge >= 0.3 is 83.1 Å². The maximum Gasteiger partial charge on any atom is -0.0617 e. The summed E-state index contributed by atoms with van der Waals surface area (Å²) < 4.78 is 0. The van der Waals surface area contributed by atoms with E-state index in [1.807, 2.05) is 36.4 Å². The second kappa shape index (κ2) is 20.9. The molecule has 0 amide bonds. The molecule has 0 saturated carbocycles. The molecule has 22 heavy (non-hydrogen) atoms. The average molecular weight is 924 g/mol. The summed E-state index contributed by atoms with van der Waals surface area (Å²) in [6.07, 6.45) is 1.78. The van der Waals surface area contributed by atoms with Crippen molar-refractivity contribution >= 4 is 52.1 Å². The van der Waals surface area contributed by atoms with Crippen LogP contribution in [-0.4, -0.2) is 0 Å². The van der Waals surface area contributed by atoms with Crippen molar-refractivity contribution in [1.82, 2.24) is 0 Å². The number of rotatable bonds is 2. The van der Waals surface area contributed by atoms with Crippen molar-refractivity contribution in [3.8, 4) is 0 Å². The molecular formula is C16H18Au2Br4-2. The number of hydrogen-bond donors (Lipinski definition) is 0. The zero-order chi connectivity index (χ0) is 17.2. The molecule has 0 aliphatic rings. The third kappa shape index (κ3) is 19.9. The minimum Gasteiger partial charge on any atom is -0.339 e. The van der Waals surface area contributed by atoms with E-state index in [0.29, 0.717) is 0 Å². The fraction of sp³-hybridized carbons (Fsp3) is 0.125. The van der Waals surface area contributed by atoms with Crippen molar-refractivity contribution in [2.75, 3.05) is 0 Å². The van der Waals surface area contributed by atoms with E-state index in [-0.39, 0.29) is 0 Å². The third-order valence-corrected chi connectivity index (χ3v) is 2.26. The zero-order valence-electron chi connectivity index (χ0n) is 11.7. The molecule has 0 N–H and O–H groups in total. The third-order valence-electron chi connectivity index (χ3n) is 2.26. The molecule has 0 aliphatic heterocycles. The molecule has 2 aromatic rings. The van der Waals surface area contributed by atoms with Crippen LogP contribution in [0.5, 0.6) is 0 Å². The Hall–Kier alpha value is 1.84. The second-order valence-electron chi connectivity index (χ2n) is 3.60. The Balaban J connectivity index is 0. The average Bonchev–Trinajstić information content (AvgIpc) is 2.58. The minimum atomic E-state index is -0.766. The van der Waals surface area contributed by atoms with Gasteiger partial charge in [-0.1, -0.05) is 71.8 Å². The van der Waals surface area contributed by atoms with Gasteiger partial charge in [0.2, 0.25) is 0 Å². The van der Waals surface area contributed by atoms with Gasteiger partial charge in [-0.15, -0.1) is 0 Å². The monoisotopic (exact) mass is 920 g/mol. The van der Waals surface area contributed by atoms with E-state index in [1.54, 1.807) is 0 Å². The summed E-state index contributed by atoms with van der Waals surface area (Å²) in [6.45, 7) is 7.51. The normalized spacial score (nSPS) is 9.00. The molecular weight excluding hydrogens is 906 g/mol. The molecule has 0 saturated heterocycles.